The van der Waals surface area contributed by atoms with Crippen molar-refractivity contribution in [1.82, 2.24) is 9.55 Å². The molecular weight excluding hydrogens is 262 g/mol. The van der Waals surface area contributed by atoms with Crippen LogP contribution in [-0.2, 0) is 13.6 Å². The molecule has 0 aliphatic rings. The van der Waals surface area contributed by atoms with Gasteiger partial charge >= 0.3 is 0 Å². The van der Waals surface area contributed by atoms with Crippen LogP contribution in [0.2, 0.25) is 0 Å². The molecule has 0 saturated heterocycles. The number of anilines is 1. The summed E-state index contributed by atoms with van der Waals surface area (Å²) in [6.07, 6.45) is 3.27. The van der Waals surface area contributed by atoms with Crippen LogP contribution in [0.5, 0.6) is 0 Å². The van der Waals surface area contributed by atoms with Gasteiger partial charge in [0.15, 0.2) is 5.82 Å². The van der Waals surface area contributed by atoms with Crippen LogP contribution in [0.3, 0.4) is 0 Å². The van der Waals surface area contributed by atoms with Gasteiger partial charge in [-0.15, -0.1) is 11.6 Å². The van der Waals surface area contributed by atoms with Gasteiger partial charge in [-0.25, -0.2) is 4.98 Å². The highest BCUT2D eigenvalue weighted by Crippen LogP contribution is 2.10. The highest BCUT2D eigenvalue weighted by Gasteiger charge is 2.12. The number of nitrogens with zero attached hydrogens (tertiary/aromatic N) is 3. The van der Waals surface area contributed by atoms with Crippen LogP contribution in [-0.4, -0.2) is 22.0 Å². The summed E-state index contributed by atoms with van der Waals surface area (Å²) in [4.78, 5) is 18.2. The Hall–Kier alpha value is -1.81. The summed E-state index contributed by atoms with van der Waals surface area (Å²) < 4.78 is 1.52. The molecule has 0 atom stereocenters. The van der Waals surface area contributed by atoms with E-state index in [0.29, 0.717) is 24.8 Å². The van der Waals surface area contributed by atoms with Gasteiger partial charge in [-0.3, -0.25) is 4.79 Å². The summed E-state index contributed by atoms with van der Waals surface area (Å²) in [5, 5.41) is 0. The smallest absolute Gasteiger partial charge is 0.293 e. The Labute approximate surface area is 117 Å². The Kier molecular flexibility index (Phi) is 4.58. The molecule has 0 N–H and O–H groups in total. The van der Waals surface area contributed by atoms with Gasteiger partial charge in [0.25, 0.3) is 5.56 Å². The number of hydrogen-bond donors (Lipinski definition) is 0. The number of halogens is 1. The zero-order chi connectivity index (χ0) is 13.7. The van der Waals surface area contributed by atoms with Crippen molar-refractivity contribution in [3.63, 3.8) is 0 Å². The maximum Gasteiger partial charge on any atom is 0.293 e. The van der Waals surface area contributed by atoms with E-state index >= 15 is 0 Å². The lowest BCUT2D eigenvalue weighted by molar-refractivity contribution is 0.767. The molecule has 5 heteroatoms. The zero-order valence-electron chi connectivity index (χ0n) is 10.8. The first-order chi connectivity index (χ1) is 9.22. The molecule has 1 heterocycles. The number of hydrogen-bond acceptors (Lipinski definition) is 3. The van der Waals surface area contributed by atoms with Gasteiger partial charge in [-0.2, -0.15) is 0 Å². The number of alkyl halides is 1. The van der Waals surface area contributed by atoms with Crippen molar-refractivity contribution in [2.75, 3.05) is 17.3 Å². The molecule has 0 aliphatic heterocycles. The second-order valence-corrected chi connectivity index (χ2v) is 4.64. The highest BCUT2D eigenvalue weighted by atomic mass is 35.5. The first-order valence-corrected chi connectivity index (χ1v) is 6.62. The normalized spacial score (nSPS) is 10.4. The largest absolute Gasteiger partial charge is 0.347 e. The third-order valence-electron chi connectivity index (χ3n) is 2.87. The van der Waals surface area contributed by atoms with E-state index in [-0.39, 0.29) is 5.56 Å². The zero-order valence-corrected chi connectivity index (χ0v) is 11.5. The second kappa shape index (κ2) is 6.38. The number of aromatic nitrogens is 2. The minimum Gasteiger partial charge on any atom is -0.347 e. The molecule has 0 radical (unpaired) electrons. The molecule has 0 spiro atoms. The minimum atomic E-state index is -0.108. The van der Waals surface area contributed by atoms with Crippen molar-refractivity contribution < 1.29 is 0 Å². The minimum absolute atomic E-state index is 0.108. The van der Waals surface area contributed by atoms with E-state index in [9.17, 15) is 4.79 Å². The van der Waals surface area contributed by atoms with E-state index in [1.165, 1.54) is 4.57 Å². The molecule has 100 valence electrons. The van der Waals surface area contributed by atoms with E-state index < -0.39 is 0 Å². The van der Waals surface area contributed by atoms with Crippen molar-refractivity contribution in [1.29, 1.82) is 0 Å². The monoisotopic (exact) mass is 277 g/mol. The Bertz CT molecular complexity index is 583. The van der Waals surface area contributed by atoms with Crippen LogP contribution in [0.4, 0.5) is 5.82 Å². The molecule has 4 nitrogen and oxygen atoms in total. The maximum absolute atomic E-state index is 12.1. The maximum atomic E-state index is 12.1. The van der Waals surface area contributed by atoms with E-state index in [1.807, 2.05) is 35.2 Å². The van der Waals surface area contributed by atoms with Gasteiger partial charge in [-0.05, 0) is 5.56 Å². The van der Waals surface area contributed by atoms with Crippen molar-refractivity contribution in [3.8, 4) is 0 Å². The van der Waals surface area contributed by atoms with Crippen LogP contribution in [0.15, 0.2) is 47.5 Å². The van der Waals surface area contributed by atoms with E-state index in [1.54, 1.807) is 19.4 Å². The lowest BCUT2D eigenvalue weighted by atomic mass is 10.2. The van der Waals surface area contributed by atoms with Gasteiger partial charge in [0.1, 0.15) is 0 Å². The van der Waals surface area contributed by atoms with E-state index in [4.69, 9.17) is 11.6 Å². The van der Waals surface area contributed by atoms with Crippen molar-refractivity contribution >= 4 is 17.4 Å². The summed E-state index contributed by atoms with van der Waals surface area (Å²) in [7, 11) is 1.72. The molecule has 19 heavy (non-hydrogen) atoms. The van der Waals surface area contributed by atoms with Gasteiger partial charge < -0.3 is 9.47 Å². The second-order valence-electron chi connectivity index (χ2n) is 4.26. The van der Waals surface area contributed by atoms with Crippen LogP contribution in [0, 0.1) is 0 Å². The van der Waals surface area contributed by atoms with Crippen LogP contribution < -0.4 is 10.5 Å². The Morgan fingerprint density at radius 2 is 2.05 bits per heavy atom. The molecule has 1 aromatic heterocycles. The fourth-order valence-corrected chi connectivity index (χ4v) is 2.07. The quantitative estimate of drug-likeness (QED) is 0.785. The molecule has 2 aromatic rings. The lowest BCUT2D eigenvalue weighted by Gasteiger charge is -2.22. The Morgan fingerprint density at radius 3 is 2.74 bits per heavy atom. The fraction of sp³-hybridized carbons (Fsp3) is 0.286. The average molecular weight is 278 g/mol. The van der Waals surface area contributed by atoms with Gasteiger partial charge in [-0.1, -0.05) is 30.3 Å². The Balaban J connectivity index is 2.30. The third-order valence-corrected chi connectivity index (χ3v) is 3.04. The van der Waals surface area contributed by atoms with Gasteiger partial charge in [0, 0.05) is 38.4 Å². The topological polar surface area (TPSA) is 38.1 Å². The molecule has 0 bridgehead atoms. The standard InChI is InChI=1S/C14H16ClN3O/c1-17-10-8-16-13(14(17)19)18(9-7-15)11-12-5-3-2-4-6-12/h2-6,8,10H,7,9,11H2,1H3. The van der Waals surface area contributed by atoms with Gasteiger partial charge in [0.2, 0.25) is 0 Å². The summed E-state index contributed by atoms with van der Waals surface area (Å²) in [5.74, 6) is 0.890. The first kappa shape index (κ1) is 13.6. The highest BCUT2D eigenvalue weighted by molar-refractivity contribution is 6.18. The average Bonchev–Trinajstić information content (AvgIpc) is 2.43. The molecule has 0 aliphatic carbocycles. The summed E-state index contributed by atoms with van der Waals surface area (Å²) in [6, 6.07) is 9.97. The van der Waals surface area contributed by atoms with Crippen molar-refractivity contribution in [2.24, 2.45) is 7.05 Å². The fourth-order valence-electron chi connectivity index (χ4n) is 1.87. The number of benzene rings is 1. The molecule has 0 fully saturated rings. The van der Waals surface area contributed by atoms with E-state index in [2.05, 4.69) is 4.98 Å². The van der Waals surface area contributed by atoms with Crippen molar-refractivity contribution in [2.45, 2.75) is 6.54 Å². The predicted molar refractivity (Wildman–Crippen MR) is 77.7 cm³/mol. The predicted octanol–water partition coefficient (Wildman–Crippen LogP) is 2.03. The summed E-state index contributed by atoms with van der Waals surface area (Å²) in [6.45, 7) is 1.21. The SMILES string of the molecule is Cn1ccnc(N(CCCl)Cc2ccccc2)c1=O. The molecule has 2 rings (SSSR count). The van der Waals surface area contributed by atoms with Crippen molar-refractivity contribution in [3.05, 3.63) is 58.6 Å². The molecule has 0 amide bonds. The van der Waals surface area contributed by atoms with E-state index in [0.717, 1.165) is 5.56 Å². The summed E-state index contributed by atoms with van der Waals surface area (Å²) in [5.41, 5.74) is 1.02. The first-order valence-electron chi connectivity index (χ1n) is 6.09. The Morgan fingerprint density at radius 1 is 1.32 bits per heavy atom. The molecule has 0 saturated carbocycles. The molecular formula is C14H16ClN3O. The van der Waals surface area contributed by atoms with Crippen LogP contribution in [0.25, 0.3) is 0 Å². The third kappa shape index (κ3) is 3.35. The molecule has 0 unspecified atom stereocenters. The van der Waals surface area contributed by atoms with Gasteiger partial charge in [0.05, 0.1) is 0 Å². The lowest BCUT2D eigenvalue weighted by Crippen LogP contribution is -2.33. The number of aryl methyl sites for hydroxylation is 1. The summed E-state index contributed by atoms with van der Waals surface area (Å²) >= 11 is 5.83. The molecule has 1 aromatic carbocycles. The van der Waals surface area contributed by atoms with Crippen LogP contribution in [0.1, 0.15) is 5.56 Å². The number of rotatable bonds is 5. The van der Waals surface area contributed by atoms with Crippen LogP contribution >= 0.6 is 11.6 Å².